The van der Waals surface area contributed by atoms with E-state index in [0.29, 0.717) is 12.5 Å². The summed E-state index contributed by atoms with van der Waals surface area (Å²) in [5.74, 6) is 5.66. The normalized spacial score (nSPS) is 15.8. The van der Waals surface area contributed by atoms with Crippen molar-refractivity contribution in [2.45, 2.75) is 54.1 Å². The number of hydrogen-bond donors (Lipinski definition) is 2. The lowest BCUT2D eigenvalue weighted by Gasteiger charge is -2.41. The van der Waals surface area contributed by atoms with Crippen molar-refractivity contribution in [1.82, 2.24) is 0 Å². The Balaban J connectivity index is 4.59. The third kappa shape index (κ3) is 4.49. The van der Waals surface area contributed by atoms with Gasteiger partial charge in [-0.15, -0.1) is 0 Å². The lowest BCUT2D eigenvalue weighted by molar-refractivity contribution is -0.0865. The number of rotatable bonds is 6. The molecule has 0 fully saturated rings. The highest BCUT2D eigenvalue weighted by Gasteiger charge is 2.39. The first-order chi connectivity index (χ1) is 6.63. The van der Waals surface area contributed by atoms with Gasteiger partial charge in [-0.2, -0.15) is 0 Å². The molecule has 0 spiro atoms. The molecular weight excluding hydrogens is 190 g/mol. The first-order valence-corrected chi connectivity index (χ1v) is 5.63. The predicted octanol–water partition coefficient (Wildman–Crippen LogP) is 2.34. The molecule has 1 atom stereocenters. The van der Waals surface area contributed by atoms with Crippen LogP contribution in [0.2, 0.25) is 0 Å². The minimum Gasteiger partial charge on any atom is -0.392 e. The Morgan fingerprint density at radius 3 is 1.93 bits per heavy atom. The fourth-order valence-corrected chi connectivity index (χ4v) is 2.52. The molecule has 92 valence electrons. The Morgan fingerprint density at radius 2 is 1.60 bits per heavy atom. The summed E-state index contributed by atoms with van der Waals surface area (Å²) < 4.78 is 0. The maximum atomic E-state index is 10.3. The van der Waals surface area contributed by atoms with Gasteiger partial charge in [0.1, 0.15) is 0 Å². The van der Waals surface area contributed by atoms with Gasteiger partial charge in [-0.25, -0.2) is 5.90 Å². The molecule has 0 heterocycles. The van der Waals surface area contributed by atoms with Gasteiger partial charge in [0, 0.05) is 5.41 Å². The second kappa shape index (κ2) is 5.28. The van der Waals surface area contributed by atoms with E-state index >= 15 is 0 Å². The molecule has 0 aliphatic rings. The summed E-state index contributed by atoms with van der Waals surface area (Å²) in [5.41, 5.74) is -0.427. The summed E-state index contributed by atoms with van der Waals surface area (Å²) in [5, 5.41) is 10.3. The average molecular weight is 217 g/mol. The second-order valence-electron chi connectivity index (χ2n) is 6.29. The molecule has 0 rings (SSSR count). The van der Waals surface area contributed by atoms with Gasteiger partial charge in [-0.1, -0.05) is 41.5 Å². The van der Waals surface area contributed by atoms with Gasteiger partial charge < -0.3 is 9.94 Å². The Bertz CT molecular complexity index is 188. The number of aliphatic hydroxyl groups excluding tert-OH is 1. The zero-order valence-electron chi connectivity index (χ0n) is 11.0. The summed E-state index contributed by atoms with van der Waals surface area (Å²) in [7, 11) is 0. The van der Waals surface area contributed by atoms with Crippen molar-refractivity contribution in [2.75, 3.05) is 6.61 Å². The standard InChI is InChI=1S/C12H27NO2/c1-9(2)7-11(3,4)10(14)12(5,6)8-15-13/h9-10,14H,7-8,13H2,1-6H3. The van der Waals surface area contributed by atoms with E-state index in [2.05, 4.69) is 32.5 Å². The van der Waals surface area contributed by atoms with Gasteiger partial charge in [-0.05, 0) is 17.8 Å². The summed E-state index contributed by atoms with van der Waals surface area (Å²) in [4.78, 5) is 4.67. The Labute approximate surface area is 94.0 Å². The molecule has 0 bridgehead atoms. The summed E-state index contributed by atoms with van der Waals surface area (Å²) >= 11 is 0. The molecule has 0 saturated carbocycles. The fourth-order valence-electron chi connectivity index (χ4n) is 2.52. The van der Waals surface area contributed by atoms with Crippen LogP contribution in [0.1, 0.15) is 48.0 Å². The lowest BCUT2D eigenvalue weighted by atomic mass is 9.69. The molecular formula is C12H27NO2. The van der Waals surface area contributed by atoms with Crippen LogP contribution < -0.4 is 5.90 Å². The smallest absolute Gasteiger partial charge is 0.0755 e. The first kappa shape index (κ1) is 14.9. The van der Waals surface area contributed by atoms with Crippen molar-refractivity contribution < 1.29 is 9.94 Å². The molecule has 0 amide bonds. The quantitative estimate of drug-likeness (QED) is 0.671. The van der Waals surface area contributed by atoms with Crippen molar-refractivity contribution in [3.8, 4) is 0 Å². The van der Waals surface area contributed by atoms with Crippen LogP contribution in [0.25, 0.3) is 0 Å². The minimum atomic E-state index is -0.420. The molecule has 0 aromatic rings. The van der Waals surface area contributed by atoms with Gasteiger partial charge >= 0.3 is 0 Å². The maximum absolute atomic E-state index is 10.3. The maximum Gasteiger partial charge on any atom is 0.0755 e. The van der Waals surface area contributed by atoms with E-state index in [1.807, 2.05) is 13.8 Å². The molecule has 0 aromatic heterocycles. The van der Waals surface area contributed by atoms with Crippen LogP contribution in [0.5, 0.6) is 0 Å². The SMILES string of the molecule is CC(C)CC(C)(C)C(O)C(C)(C)CON. The van der Waals surface area contributed by atoms with E-state index in [0.717, 1.165) is 6.42 Å². The van der Waals surface area contributed by atoms with Crippen LogP contribution in [0.3, 0.4) is 0 Å². The van der Waals surface area contributed by atoms with Gasteiger partial charge in [0.05, 0.1) is 12.7 Å². The average Bonchev–Trinajstić information content (AvgIpc) is 2.00. The third-order valence-corrected chi connectivity index (χ3v) is 2.87. The Morgan fingerprint density at radius 1 is 1.13 bits per heavy atom. The highest BCUT2D eigenvalue weighted by Crippen LogP contribution is 2.38. The monoisotopic (exact) mass is 217 g/mol. The molecule has 0 aromatic carbocycles. The molecule has 3 N–H and O–H groups in total. The van der Waals surface area contributed by atoms with Crippen LogP contribution >= 0.6 is 0 Å². The summed E-state index contributed by atoms with van der Waals surface area (Å²) in [6.45, 7) is 12.8. The van der Waals surface area contributed by atoms with E-state index in [1.165, 1.54) is 0 Å². The van der Waals surface area contributed by atoms with Crippen molar-refractivity contribution >= 4 is 0 Å². The molecule has 1 unspecified atom stereocenters. The van der Waals surface area contributed by atoms with Crippen molar-refractivity contribution in [1.29, 1.82) is 0 Å². The van der Waals surface area contributed by atoms with Gasteiger partial charge in [0.15, 0.2) is 0 Å². The van der Waals surface area contributed by atoms with E-state index < -0.39 is 6.10 Å². The zero-order chi connectivity index (χ0) is 12.3. The van der Waals surface area contributed by atoms with Crippen LogP contribution in [0.15, 0.2) is 0 Å². The second-order valence-corrected chi connectivity index (χ2v) is 6.29. The highest BCUT2D eigenvalue weighted by atomic mass is 16.6. The predicted molar refractivity (Wildman–Crippen MR) is 63.2 cm³/mol. The zero-order valence-corrected chi connectivity index (χ0v) is 11.0. The van der Waals surface area contributed by atoms with E-state index in [1.54, 1.807) is 0 Å². The Kier molecular flexibility index (Phi) is 5.24. The molecule has 0 aliphatic carbocycles. The molecule has 0 aliphatic heterocycles. The minimum absolute atomic E-state index is 0.115. The summed E-state index contributed by atoms with van der Waals surface area (Å²) in [6.07, 6.45) is 0.568. The van der Waals surface area contributed by atoms with E-state index in [9.17, 15) is 5.11 Å². The molecule has 0 saturated heterocycles. The van der Waals surface area contributed by atoms with Crippen LogP contribution in [-0.2, 0) is 4.84 Å². The van der Waals surface area contributed by atoms with Crippen molar-refractivity contribution in [3.63, 3.8) is 0 Å². The molecule has 0 radical (unpaired) electrons. The topological polar surface area (TPSA) is 55.5 Å². The van der Waals surface area contributed by atoms with Crippen LogP contribution in [0.4, 0.5) is 0 Å². The van der Waals surface area contributed by atoms with Crippen molar-refractivity contribution in [3.05, 3.63) is 0 Å². The molecule has 15 heavy (non-hydrogen) atoms. The molecule has 3 heteroatoms. The van der Waals surface area contributed by atoms with Crippen LogP contribution in [0, 0.1) is 16.7 Å². The number of nitrogens with two attached hydrogens (primary N) is 1. The van der Waals surface area contributed by atoms with Crippen molar-refractivity contribution in [2.24, 2.45) is 22.6 Å². The van der Waals surface area contributed by atoms with Gasteiger partial charge in [-0.3, -0.25) is 0 Å². The number of hydrogen-bond acceptors (Lipinski definition) is 3. The van der Waals surface area contributed by atoms with Crippen LogP contribution in [-0.4, -0.2) is 17.8 Å². The largest absolute Gasteiger partial charge is 0.392 e. The van der Waals surface area contributed by atoms with E-state index in [-0.39, 0.29) is 10.8 Å². The highest BCUT2D eigenvalue weighted by molar-refractivity contribution is 4.89. The fraction of sp³-hybridized carbons (Fsp3) is 1.00. The van der Waals surface area contributed by atoms with E-state index in [4.69, 9.17) is 5.90 Å². The lowest BCUT2D eigenvalue weighted by Crippen LogP contribution is -2.45. The third-order valence-electron chi connectivity index (χ3n) is 2.87. The summed E-state index contributed by atoms with van der Waals surface area (Å²) in [6, 6.07) is 0. The Hall–Kier alpha value is -0.120. The van der Waals surface area contributed by atoms with Gasteiger partial charge in [0.25, 0.3) is 0 Å². The number of aliphatic hydroxyl groups is 1. The van der Waals surface area contributed by atoms with Gasteiger partial charge in [0.2, 0.25) is 0 Å². The molecule has 3 nitrogen and oxygen atoms in total. The first-order valence-electron chi connectivity index (χ1n) is 5.63.